The topological polar surface area (TPSA) is 117 Å². The van der Waals surface area contributed by atoms with Crippen LogP contribution in [0.5, 0.6) is 11.5 Å². The van der Waals surface area contributed by atoms with Gasteiger partial charge in [-0.05, 0) is 29.8 Å². The predicted octanol–water partition coefficient (Wildman–Crippen LogP) is 3.27. The first-order chi connectivity index (χ1) is 15.9. The quantitative estimate of drug-likeness (QED) is 0.496. The number of nitrogens with one attached hydrogen (secondary N) is 1. The minimum Gasteiger partial charge on any atom is -0.454 e. The number of nitrogens with zero attached hydrogens (tertiary/aromatic N) is 5. The summed E-state index contributed by atoms with van der Waals surface area (Å²) in [6, 6.07) is 9.17. The van der Waals surface area contributed by atoms with Gasteiger partial charge in [0.1, 0.15) is 12.0 Å². The average molecular weight is 446 g/mol. The van der Waals surface area contributed by atoms with Gasteiger partial charge in [-0.3, -0.25) is 9.36 Å². The third-order valence-corrected chi connectivity index (χ3v) is 5.06. The third-order valence-electron chi connectivity index (χ3n) is 5.06. The molecule has 0 saturated carbocycles. The number of carbonyl (C=O) groups is 1. The van der Waals surface area contributed by atoms with Gasteiger partial charge in [-0.2, -0.15) is 4.98 Å². The maximum absolute atomic E-state index is 12.7. The molecule has 1 aromatic carbocycles. The van der Waals surface area contributed by atoms with E-state index in [0.29, 0.717) is 41.1 Å². The van der Waals surface area contributed by atoms with Crippen molar-refractivity contribution in [2.24, 2.45) is 0 Å². The SMILES string of the molecule is CC(C)(C)c1noc(-c2cccnc2-n2cnc(C(=O)NCc3ccc4c(c3)OCO4)c2)n1. The molecule has 4 aromatic rings. The van der Waals surface area contributed by atoms with Crippen LogP contribution in [-0.2, 0) is 12.0 Å². The van der Waals surface area contributed by atoms with Crippen LogP contribution in [0.3, 0.4) is 0 Å². The smallest absolute Gasteiger partial charge is 0.271 e. The monoisotopic (exact) mass is 446 g/mol. The molecule has 1 N–H and O–H groups in total. The number of aromatic nitrogens is 5. The molecule has 33 heavy (non-hydrogen) atoms. The van der Waals surface area contributed by atoms with Gasteiger partial charge in [0.25, 0.3) is 11.8 Å². The summed E-state index contributed by atoms with van der Waals surface area (Å²) in [7, 11) is 0. The minimum atomic E-state index is -0.309. The fourth-order valence-corrected chi connectivity index (χ4v) is 3.29. The highest BCUT2D eigenvalue weighted by Gasteiger charge is 2.23. The highest BCUT2D eigenvalue weighted by atomic mass is 16.7. The third kappa shape index (κ3) is 4.14. The van der Waals surface area contributed by atoms with Crippen molar-refractivity contribution >= 4 is 5.91 Å². The summed E-state index contributed by atoms with van der Waals surface area (Å²) in [4.78, 5) is 25.9. The summed E-state index contributed by atoms with van der Waals surface area (Å²) >= 11 is 0. The van der Waals surface area contributed by atoms with Gasteiger partial charge >= 0.3 is 0 Å². The summed E-state index contributed by atoms with van der Waals surface area (Å²) in [5.74, 6) is 2.54. The Kier molecular flexibility index (Phi) is 5.04. The van der Waals surface area contributed by atoms with Crippen molar-refractivity contribution in [2.45, 2.75) is 32.7 Å². The lowest BCUT2D eigenvalue weighted by atomic mass is 9.96. The van der Waals surface area contributed by atoms with Crippen molar-refractivity contribution in [3.63, 3.8) is 0 Å². The maximum Gasteiger partial charge on any atom is 0.271 e. The molecule has 0 spiro atoms. The van der Waals surface area contributed by atoms with Crippen LogP contribution >= 0.6 is 0 Å². The summed E-state index contributed by atoms with van der Waals surface area (Å²) in [5.41, 5.74) is 1.55. The number of fused-ring (bicyclic) bond motifs is 1. The van der Waals surface area contributed by atoms with Crippen molar-refractivity contribution in [1.29, 1.82) is 0 Å². The molecule has 10 nitrogen and oxygen atoms in total. The minimum absolute atomic E-state index is 0.208. The Bertz CT molecular complexity index is 1320. The zero-order valence-electron chi connectivity index (χ0n) is 18.4. The highest BCUT2D eigenvalue weighted by molar-refractivity contribution is 5.92. The van der Waals surface area contributed by atoms with Crippen molar-refractivity contribution < 1.29 is 18.8 Å². The Hall–Kier alpha value is -4.21. The van der Waals surface area contributed by atoms with Gasteiger partial charge < -0.3 is 19.3 Å². The number of imidazole rings is 1. The van der Waals surface area contributed by atoms with E-state index in [1.807, 2.05) is 45.0 Å². The van der Waals surface area contributed by atoms with E-state index < -0.39 is 0 Å². The van der Waals surface area contributed by atoms with Crippen molar-refractivity contribution in [3.05, 3.63) is 66.1 Å². The van der Waals surface area contributed by atoms with Gasteiger partial charge in [-0.25, -0.2) is 9.97 Å². The second kappa shape index (κ2) is 8.05. The van der Waals surface area contributed by atoms with E-state index in [4.69, 9.17) is 14.0 Å². The molecular weight excluding hydrogens is 424 g/mol. The fraction of sp³-hybridized carbons (Fsp3) is 0.261. The number of pyridine rings is 1. The molecule has 0 saturated heterocycles. The molecule has 0 unspecified atom stereocenters. The van der Waals surface area contributed by atoms with Gasteiger partial charge in [0.2, 0.25) is 6.79 Å². The molecule has 3 aromatic heterocycles. The Balaban J connectivity index is 1.33. The van der Waals surface area contributed by atoms with Gasteiger partial charge in [0.05, 0.1) is 5.56 Å². The summed E-state index contributed by atoms with van der Waals surface area (Å²) in [5, 5.41) is 6.95. The van der Waals surface area contributed by atoms with Crippen LogP contribution in [0.2, 0.25) is 0 Å². The molecular formula is C23H22N6O4. The zero-order valence-corrected chi connectivity index (χ0v) is 18.4. The summed E-state index contributed by atoms with van der Waals surface area (Å²) < 4.78 is 17.8. The van der Waals surface area contributed by atoms with E-state index >= 15 is 0 Å². The molecule has 0 fully saturated rings. The van der Waals surface area contributed by atoms with E-state index in [9.17, 15) is 4.79 Å². The molecule has 5 rings (SSSR count). The van der Waals surface area contributed by atoms with Crippen LogP contribution in [0.4, 0.5) is 0 Å². The standard InChI is InChI=1S/C23H22N6O4/c1-23(2,3)22-27-21(33-28-22)15-5-4-8-24-19(15)29-11-16(26-12-29)20(30)25-10-14-6-7-17-18(9-14)32-13-31-17/h4-9,11-12H,10,13H2,1-3H3,(H,25,30). The molecule has 1 aliphatic heterocycles. The number of carbonyl (C=O) groups excluding carboxylic acids is 1. The predicted molar refractivity (Wildman–Crippen MR) is 117 cm³/mol. The Morgan fingerprint density at radius 1 is 1.15 bits per heavy atom. The molecule has 0 radical (unpaired) electrons. The van der Waals surface area contributed by atoms with E-state index in [1.165, 1.54) is 6.33 Å². The number of ether oxygens (including phenoxy) is 2. The van der Waals surface area contributed by atoms with Crippen LogP contribution < -0.4 is 14.8 Å². The van der Waals surface area contributed by atoms with Gasteiger partial charge in [-0.1, -0.05) is 32.0 Å². The first kappa shape index (κ1) is 20.7. The van der Waals surface area contributed by atoms with Gasteiger partial charge in [-0.15, -0.1) is 0 Å². The fourth-order valence-electron chi connectivity index (χ4n) is 3.29. The normalized spacial score (nSPS) is 12.7. The second-order valence-electron chi connectivity index (χ2n) is 8.58. The van der Waals surface area contributed by atoms with Crippen molar-refractivity contribution in [2.75, 3.05) is 6.79 Å². The highest BCUT2D eigenvalue weighted by Crippen LogP contribution is 2.32. The zero-order chi connectivity index (χ0) is 23.0. The molecule has 4 heterocycles. The van der Waals surface area contributed by atoms with Gasteiger partial charge in [0, 0.05) is 24.4 Å². The second-order valence-corrected chi connectivity index (χ2v) is 8.58. The lowest BCUT2D eigenvalue weighted by Gasteiger charge is -2.11. The Morgan fingerprint density at radius 3 is 2.82 bits per heavy atom. The molecule has 168 valence electrons. The summed E-state index contributed by atoms with van der Waals surface area (Å²) in [6.45, 7) is 6.57. The van der Waals surface area contributed by atoms with E-state index in [-0.39, 0.29) is 23.8 Å². The van der Waals surface area contributed by atoms with Crippen LogP contribution in [0, 0.1) is 0 Å². The lowest BCUT2D eigenvalue weighted by Crippen LogP contribution is -2.23. The average Bonchev–Trinajstić information content (AvgIpc) is 3.57. The molecule has 1 amide bonds. The first-order valence-electron chi connectivity index (χ1n) is 10.4. The van der Waals surface area contributed by atoms with Crippen molar-refractivity contribution in [1.82, 2.24) is 30.0 Å². The molecule has 10 heteroatoms. The number of amides is 1. The number of hydrogen-bond donors (Lipinski definition) is 1. The Labute approximate surface area is 189 Å². The summed E-state index contributed by atoms with van der Waals surface area (Å²) in [6.07, 6.45) is 4.80. The van der Waals surface area contributed by atoms with Crippen LogP contribution in [0.15, 0.2) is 53.6 Å². The molecule has 0 aliphatic carbocycles. The van der Waals surface area contributed by atoms with E-state index in [0.717, 1.165) is 5.56 Å². The largest absolute Gasteiger partial charge is 0.454 e. The van der Waals surface area contributed by atoms with Crippen LogP contribution in [0.1, 0.15) is 42.6 Å². The lowest BCUT2D eigenvalue weighted by molar-refractivity contribution is 0.0946. The number of benzene rings is 1. The van der Waals surface area contributed by atoms with E-state index in [1.54, 1.807) is 23.0 Å². The van der Waals surface area contributed by atoms with Crippen LogP contribution in [-0.4, -0.2) is 37.4 Å². The molecule has 0 bridgehead atoms. The van der Waals surface area contributed by atoms with Crippen LogP contribution in [0.25, 0.3) is 17.3 Å². The Morgan fingerprint density at radius 2 is 2.00 bits per heavy atom. The number of hydrogen-bond acceptors (Lipinski definition) is 8. The molecule has 0 atom stereocenters. The first-order valence-corrected chi connectivity index (χ1v) is 10.4. The molecule has 1 aliphatic rings. The van der Waals surface area contributed by atoms with Gasteiger partial charge in [0.15, 0.2) is 23.1 Å². The van der Waals surface area contributed by atoms with E-state index in [2.05, 4.69) is 25.4 Å². The van der Waals surface area contributed by atoms with Crippen molar-refractivity contribution in [3.8, 4) is 28.8 Å². The number of rotatable bonds is 5. The maximum atomic E-state index is 12.7.